The summed E-state index contributed by atoms with van der Waals surface area (Å²) in [5.74, 6) is 8.32. The van der Waals surface area contributed by atoms with Gasteiger partial charge in [-0.1, -0.05) is 107 Å². The second-order valence-corrected chi connectivity index (χ2v) is 28.9. The van der Waals surface area contributed by atoms with Crippen LogP contribution in [-0.4, -0.2) is 38.3 Å². The van der Waals surface area contributed by atoms with Crippen molar-refractivity contribution in [1.29, 1.82) is 0 Å². The van der Waals surface area contributed by atoms with Crippen molar-refractivity contribution in [3.63, 3.8) is 0 Å². The van der Waals surface area contributed by atoms with E-state index in [4.69, 9.17) is 0 Å². The molecule has 0 aliphatic carbocycles. The first-order valence-electron chi connectivity index (χ1n) is 19.1. The number of benzene rings is 2. The lowest BCUT2D eigenvalue weighted by molar-refractivity contribution is 0.408. The van der Waals surface area contributed by atoms with Crippen LogP contribution >= 0.6 is 22.0 Å². The van der Waals surface area contributed by atoms with Crippen molar-refractivity contribution < 1.29 is 0 Å². The highest BCUT2D eigenvalue weighted by atomic mass is 32.2. The number of fused-ring (bicyclic) bond motifs is 2. The average molecular weight is 748 g/mol. The van der Waals surface area contributed by atoms with Gasteiger partial charge in [-0.3, -0.25) is 4.90 Å². The summed E-state index contributed by atoms with van der Waals surface area (Å²) in [6, 6.07) is 19.2. The molecule has 2 aliphatic rings. The van der Waals surface area contributed by atoms with Gasteiger partial charge >= 0.3 is 0 Å². The summed E-state index contributed by atoms with van der Waals surface area (Å²) in [5, 5.41) is 1.65. The molecule has 0 amide bonds. The third-order valence-corrected chi connectivity index (χ3v) is 20.2. The zero-order chi connectivity index (χ0) is 37.8. The molecule has 3 aromatic rings. The van der Waals surface area contributed by atoms with Crippen molar-refractivity contribution in [1.82, 2.24) is 0 Å². The molecule has 5 nitrogen and oxygen atoms in total. The van der Waals surface area contributed by atoms with Gasteiger partial charge in [-0.15, -0.1) is 0 Å². The Morgan fingerprint density at radius 2 is 0.824 bits per heavy atom. The predicted molar refractivity (Wildman–Crippen MR) is 236 cm³/mol. The van der Waals surface area contributed by atoms with Crippen molar-refractivity contribution in [2.45, 2.75) is 123 Å². The van der Waals surface area contributed by atoms with Crippen LogP contribution in [0.5, 0.6) is 0 Å². The van der Waals surface area contributed by atoms with Crippen LogP contribution in [0.3, 0.4) is 0 Å². The van der Waals surface area contributed by atoms with Crippen LogP contribution in [0, 0.1) is 21.7 Å². The van der Waals surface area contributed by atoms with Crippen LogP contribution in [-0.2, 0) is 0 Å². The minimum absolute atomic E-state index is 0.146. The summed E-state index contributed by atoms with van der Waals surface area (Å²) in [6.07, 6.45) is 0. The van der Waals surface area contributed by atoms with E-state index in [9.17, 15) is 0 Å². The van der Waals surface area contributed by atoms with E-state index in [0.717, 1.165) is 26.2 Å². The van der Waals surface area contributed by atoms with Gasteiger partial charge in [-0.25, -0.2) is 0 Å². The Balaban J connectivity index is 1.77. The fourth-order valence-corrected chi connectivity index (χ4v) is 18.4. The Kier molecular flexibility index (Phi) is 11.5. The van der Waals surface area contributed by atoms with Crippen molar-refractivity contribution in [3.8, 4) is 0 Å². The fourth-order valence-electron chi connectivity index (χ4n) is 7.36. The van der Waals surface area contributed by atoms with E-state index in [0.29, 0.717) is 12.1 Å². The van der Waals surface area contributed by atoms with E-state index in [-0.39, 0.29) is 21.7 Å². The van der Waals surface area contributed by atoms with Crippen molar-refractivity contribution in [2.24, 2.45) is 21.7 Å². The maximum Gasteiger partial charge on any atom is 0.118 e. The monoisotopic (exact) mass is 747 g/mol. The lowest BCUT2D eigenvalue weighted by Gasteiger charge is -2.37. The number of rotatable bonds is 9. The van der Waals surface area contributed by atoms with Gasteiger partial charge in [0.25, 0.3) is 0 Å². The largest absolute Gasteiger partial charge is 0.325 e. The van der Waals surface area contributed by atoms with E-state index in [2.05, 4.69) is 195 Å². The van der Waals surface area contributed by atoms with E-state index in [1.165, 1.54) is 42.3 Å². The van der Waals surface area contributed by atoms with Crippen LogP contribution in [0.4, 0.5) is 27.9 Å². The summed E-state index contributed by atoms with van der Waals surface area (Å²) in [4.78, 5) is 13.4. The zero-order valence-corrected chi connectivity index (χ0v) is 37.5. The quantitative estimate of drug-likeness (QED) is 0.216. The number of hydrogen-bond acceptors (Lipinski definition) is 5. The molecule has 0 radical (unpaired) electrons. The molecular weight excluding hydrogens is 679 g/mol. The molecule has 2 aromatic carbocycles. The summed E-state index contributed by atoms with van der Waals surface area (Å²) in [7, 11) is 0.955. The number of anilines is 5. The standard InChI is InChI=1S/C43H68N5P3/c1-31(2)48(32(3)4)39-49-51(26-38-46(29-42(11,12)13)35-23-19-20-24-36(35)47(38)30-43(14,15)16)50(39)25-37-44(27-40(5,6)7)33-21-17-18-22-34(33)45(37)28-41(8,9)10/h17-26,31-32H,27-30H2,1-16H3. The lowest BCUT2D eigenvalue weighted by Crippen LogP contribution is -2.38. The van der Waals surface area contributed by atoms with E-state index >= 15 is 0 Å². The zero-order valence-electron chi connectivity index (χ0n) is 34.8. The SMILES string of the molecule is CC(C)N(c1pp(C=C2N(CC(C)(C)C)c3ccccc3N2CC(C)(C)C)p1C=C1N(CC(C)(C)C)c2ccccc2N1CC(C)(C)C)C(C)C. The molecule has 8 heteroatoms. The highest BCUT2D eigenvalue weighted by Crippen LogP contribution is 2.77. The second-order valence-electron chi connectivity index (χ2n) is 20.2. The Bertz CT molecular complexity index is 1630. The molecular formula is C43H68N5P3. The summed E-state index contributed by atoms with van der Waals surface area (Å²) >= 11 is 0. The van der Waals surface area contributed by atoms with Crippen LogP contribution in [0.2, 0.25) is 0 Å². The summed E-state index contributed by atoms with van der Waals surface area (Å²) in [5.41, 5.74) is 6.01. The maximum absolute atomic E-state index is 2.77. The van der Waals surface area contributed by atoms with E-state index < -0.39 is 14.1 Å². The second kappa shape index (κ2) is 14.6. The van der Waals surface area contributed by atoms with Gasteiger partial charge in [0.05, 0.1) is 27.9 Å². The van der Waals surface area contributed by atoms with Gasteiger partial charge in [0.15, 0.2) is 0 Å². The van der Waals surface area contributed by atoms with E-state index in [1.807, 2.05) is 0 Å². The van der Waals surface area contributed by atoms with Crippen molar-refractivity contribution >= 4 is 61.5 Å². The molecule has 1 aromatic heterocycles. The molecule has 280 valence electrons. The van der Waals surface area contributed by atoms with Crippen LogP contribution in [0.1, 0.15) is 111 Å². The fraction of sp³-hybridized carbons (Fsp3) is 0.605. The Morgan fingerprint density at radius 1 is 0.529 bits per heavy atom. The van der Waals surface area contributed by atoms with Gasteiger partial charge in [0, 0.05) is 49.9 Å². The van der Waals surface area contributed by atoms with Crippen LogP contribution < -0.4 is 24.5 Å². The molecule has 0 saturated carbocycles. The highest BCUT2D eigenvalue weighted by Gasteiger charge is 2.38. The first-order chi connectivity index (χ1) is 23.4. The molecule has 0 saturated heterocycles. The van der Waals surface area contributed by atoms with E-state index in [1.54, 1.807) is 5.15 Å². The van der Waals surface area contributed by atoms with Gasteiger partial charge in [0.1, 0.15) is 11.6 Å². The molecule has 2 aliphatic heterocycles. The Hall–Kier alpha value is -2.15. The topological polar surface area (TPSA) is 16.2 Å². The molecule has 0 N–H and O–H groups in total. The minimum atomic E-state index is -0.555. The first-order valence-corrected chi connectivity index (χ1v) is 24.2. The highest BCUT2D eigenvalue weighted by molar-refractivity contribution is 8.43. The van der Waals surface area contributed by atoms with Gasteiger partial charge in [-0.2, -0.15) is 0 Å². The Labute approximate surface area is 315 Å². The van der Waals surface area contributed by atoms with Gasteiger partial charge < -0.3 is 19.6 Å². The molecule has 5 rings (SSSR count). The third kappa shape index (κ3) is 9.33. The normalized spacial score (nSPS) is 16.5. The number of nitrogens with zero attached hydrogens (tertiary/aromatic N) is 5. The first kappa shape index (κ1) is 40.0. The molecule has 51 heavy (non-hydrogen) atoms. The lowest BCUT2D eigenvalue weighted by atomic mass is 9.95. The summed E-state index contributed by atoms with van der Waals surface area (Å²) < 4.78 is 0. The van der Waals surface area contributed by atoms with Crippen molar-refractivity contribution in [2.75, 3.05) is 50.7 Å². The molecule has 0 fully saturated rings. The van der Waals surface area contributed by atoms with Crippen molar-refractivity contribution in [3.05, 3.63) is 60.2 Å². The van der Waals surface area contributed by atoms with Gasteiger partial charge in [0.2, 0.25) is 0 Å². The third-order valence-electron chi connectivity index (χ3n) is 8.99. The molecule has 3 heterocycles. The molecule has 0 bridgehead atoms. The minimum Gasteiger partial charge on any atom is -0.325 e. The number of hydrogen-bond donors (Lipinski definition) is 0. The molecule has 0 spiro atoms. The molecule has 2 unspecified atom stereocenters. The average Bonchev–Trinajstić information content (AvgIpc) is 3.38. The predicted octanol–water partition coefficient (Wildman–Crippen LogP) is 14.2. The van der Waals surface area contributed by atoms with Crippen LogP contribution in [0.15, 0.2) is 60.2 Å². The maximum atomic E-state index is 2.77. The smallest absolute Gasteiger partial charge is 0.118 e. The van der Waals surface area contributed by atoms with Crippen LogP contribution in [0.25, 0.3) is 11.6 Å². The number of para-hydroxylation sites is 4. The summed E-state index contributed by atoms with van der Waals surface area (Å²) in [6.45, 7) is 41.6. The molecule has 2 atom stereocenters. The Morgan fingerprint density at radius 3 is 1.10 bits per heavy atom. The van der Waals surface area contributed by atoms with Gasteiger partial charge in [-0.05, 0) is 95.6 Å².